The summed E-state index contributed by atoms with van der Waals surface area (Å²) in [5, 5.41) is 15.7. The molecule has 1 saturated heterocycles. The number of carbonyl (C=O) groups is 2. The van der Waals surface area contributed by atoms with Crippen molar-refractivity contribution >= 4 is 11.8 Å². The monoisotopic (exact) mass is 374 g/mol. The third-order valence-electron chi connectivity index (χ3n) is 5.69. The molecule has 148 valence electrons. The summed E-state index contributed by atoms with van der Waals surface area (Å²) >= 11 is 0. The number of amides is 2. The molecule has 0 radical (unpaired) electrons. The fourth-order valence-electron chi connectivity index (χ4n) is 3.75. The third kappa shape index (κ3) is 5.30. The largest absolute Gasteiger partial charge is 0.394 e. The number of hydrogen-bond acceptors (Lipinski definition) is 4. The number of benzene rings is 1. The Balaban J connectivity index is 1.46. The maximum atomic E-state index is 12.4. The summed E-state index contributed by atoms with van der Waals surface area (Å²) in [6.45, 7) is 1.80. The molecule has 3 rings (SSSR count). The van der Waals surface area contributed by atoms with Crippen LogP contribution >= 0.6 is 0 Å². The Morgan fingerprint density at radius 1 is 1.19 bits per heavy atom. The highest BCUT2D eigenvalue weighted by atomic mass is 16.5. The van der Waals surface area contributed by atoms with Crippen LogP contribution in [0.1, 0.15) is 57.1 Å². The van der Waals surface area contributed by atoms with Gasteiger partial charge < -0.3 is 20.5 Å². The first-order chi connectivity index (χ1) is 13.1. The Bertz CT molecular complexity index is 632. The van der Waals surface area contributed by atoms with Crippen LogP contribution in [0.4, 0.5) is 0 Å². The minimum atomic E-state index is -0.452. The van der Waals surface area contributed by atoms with Crippen LogP contribution in [-0.4, -0.2) is 41.8 Å². The van der Waals surface area contributed by atoms with Crippen molar-refractivity contribution in [2.75, 3.05) is 6.61 Å². The summed E-state index contributed by atoms with van der Waals surface area (Å²) in [5.74, 6) is 0.124. The minimum absolute atomic E-state index is 0.0644. The molecule has 1 heterocycles. The van der Waals surface area contributed by atoms with Gasteiger partial charge in [0.05, 0.1) is 31.2 Å². The number of rotatable bonds is 7. The molecule has 1 aromatic carbocycles. The van der Waals surface area contributed by atoms with Crippen LogP contribution in [0.2, 0.25) is 0 Å². The third-order valence-corrected chi connectivity index (χ3v) is 5.69. The van der Waals surface area contributed by atoms with Gasteiger partial charge in [-0.05, 0) is 38.2 Å². The zero-order valence-electron chi connectivity index (χ0n) is 15.9. The van der Waals surface area contributed by atoms with Crippen LogP contribution in [0.3, 0.4) is 0 Å². The predicted molar refractivity (Wildman–Crippen MR) is 102 cm³/mol. The van der Waals surface area contributed by atoms with Gasteiger partial charge in [-0.25, -0.2) is 0 Å². The van der Waals surface area contributed by atoms with Crippen molar-refractivity contribution < 1.29 is 19.4 Å². The number of nitrogens with one attached hydrogen (secondary N) is 2. The number of aliphatic hydroxyl groups excluding tert-OH is 1. The van der Waals surface area contributed by atoms with Gasteiger partial charge in [0.1, 0.15) is 6.10 Å². The molecule has 2 aliphatic rings. The van der Waals surface area contributed by atoms with E-state index in [1.54, 1.807) is 0 Å². The van der Waals surface area contributed by atoms with E-state index >= 15 is 0 Å². The van der Waals surface area contributed by atoms with E-state index in [-0.39, 0.29) is 48.9 Å². The van der Waals surface area contributed by atoms with E-state index in [9.17, 15) is 14.7 Å². The Morgan fingerprint density at radius 3 is 2.56 bits per heavy atom. The Morgan fingerprint density at radius 2 is 1.93 bits per heavy atom. The molecule has 4 atom stereocenters. The highest BCUT2D eigenvalue weighted by molar-refractivity contribution is 5.79. The smallest absolute Gasteiger partial charge is 0.223 e. The molecule has 0 unspecified atom stereocenters. The number of aliphatic hydroxyl groups is 1. The quantitative estimate of drug-likeness (QED) is 0.682. The molecular weight excluding hydrogens is 344 g/mol. The summed E-state index contributed by atoms with van der Waals surface area (Å²) < 4.78 is 5.91. The van der Waals surface area contributed by atoms with Crippen LogP contribution in [0.15, 0.2) is 30.3 Å². The lowest BCUT2D eigenvalue weighted by atomic mass is 9.84. The van der Waals surface area contributed by atoms with Crippen LogP contribution in [0.5, 0.6) is 0 Å². The van der Waals surface area contributed by atoms with Crippen molar-refractivity contribution in [3.63, 3.8) is 0 Å². The molecule has 27 heavy (non-hydrogen) atoms. The minimum Gasteiger partial charge on any atom is -0.394 e. The van der Waals surface area contributed by atoms with Crippen molar-refractivity contribution in [2.24, 2.45) is 5.92 Å². The van der Waals surface area contributed by atoms with Gasteiger partial charge in [-0.1, -0.05) is 36.8 Å². The maximum Gasteiger partial charge on any atom is 0.223 e. The highest BCUT2D eigenvalue weighted by Gasteiger charge is 2.35. The lowest BCUT2D eigenvalue weighted by molar-refractivity contribution is -0.139. The normalized spacial score (nSPS) is 26.7. The van der Waals surface area contributed by atoms with Crippen molar-refractivity contribution in [3.8, 4) is 0 Å². The molecule has 6 heteroatoms. The second-order valence-electron chi connectivity index (χ2n) is 7.70. The van der Waals surface area contributed by atoms with Crippen molar-refractivity contribution in [1.82, 2.24) is 10.6 Å². The Hall–Kier alpha value is -1.92. The van der Waals surface area contributed by atoms with E-state index in [2.05, 4.69) is 10.6 Å². The van der Waals surface area contributed by atoms with Crippen LogP contribution in [0.25, 0.3) is 0 Å². The first-order valence-electron chi connectivity index (χ1n) is 9.97. The van der Waals surface area contributed by atoms with E-state index < -0.39 is 6.10 Å². The first kappa shape index (κ1) is 19.8. The molecule has 1 aromatic rings. The average molecular weight is 374 g/mol. The number of carbonyl (C=O) groups excluding carboxylic acids is 2. The molecule has 0 aromatic heterocycles. The predicted octanol–water partition coefficient (Wildman–Crippen LogP) is 2.08. The molecule has 6 nitrogen and oxygen atoms in total. The molecule has 3 N–H and O–H groups in total. The average Bonchev–Trinajstić information content (AvgIpc) is 2.62. The summed E-state index contributed by atoms with van der Waals surface area (Å²) in [6, 6.07) is 9.58. The standard InChI is InChI=1S/C21H30N2O4/c1-14(15-6-3-2-4-7-15)22-20(25)12-17-10-11-18(19(13-24)27-17)23-21(26)16-8-5-9-16/h2-4,6-7,14,16-19,24H,5,8-13H2,1H3,(H,22,25)(H,23,26)/t14-,17+,18-,19+/m0/s1. The number of hydrogen-bond donors (Lipinski definition) is 3. The van der Waals surface area contributed by atoms with Crippen molar-refractivity contribution in [3.05, 3.63) is 35.9 Å². The summed E-state index contributed by atoms with van der Waals surface area (Å²) in [5.41, 5.74) is 1.06. The zero-order chi connectivity index (χ0) is 19.2. The van der Waals surface area contributed by atoms with Crippen LogP contribution < -0.4 is 10.6 Å². The van der Waals surface area contributed by atoms with E-state index in [0.29, 0.717) is 6.42 Å². The van der Waals surface area contributed by atoms with Crippen molar-refractivity contribution in [2.45, 2.75) is 69.7 Å². The lowest BCUT2D eigenvalue weighted by Gasteiger charge is -2.37. The molecule has 1 aliphatic heterocycles. The van der Waals surface area contributed by atoms with Crippen LogP contribution in [-0.2, 0) is 14.3 Å². The summed E-state index contributed by atoms with van der Waals surface area (Å²) in [7, 11) is 0. The molecule has 2 fully saturated rings. The molecule has 1 saturated carbocycles. The fourth-order valence-corrected chi connectivity index (χ4v) is 3.75. The van der Waals surface area contributed by atoms with E-state index in [0.717, 1.165) is 31.2 Å². The van der Waals surface area contributed by atoms with Gasteiger partial charge in [0.25, 0.3) is 0 Å². The molecular formula is C21H30N2O4. The molecule has 0 bridgehead atoms. The topological polar surface area (TPSA) is 87.7 Å². The highest BCUT2D eigenvalue weighted by Crippen LogP contribution is 2.28. The summed E-state index contributed by atoms with van der Waals surface area (Å²) in [6.07, 6.45) is 4.00. The first-order valence-corrected chi connectivity index (χ1v) is 9.97. The Kier molecular flexibility index (Phi) is 6.85. The van der Waals surface area contributed by atoms with E-state index in [4.69, 9.17) is 4.74 Å². The lowest BCUT2D eigenvalue weighted by Crippen LogP contribution is -2.53. The van der Waals surface area contributed by atoms with Gasteiger partial charge in [-0.2, -0.15) is 0 Å². The summed E-state index contributed by atoms with van der Waals surface area (Å²) in [4.78, 5) is 24.5. The van der Waals surface area contributed by atoms with Crippen molar-refractivity contribution in [1.29, 1.82) is 0 Å². The fraction of sp³-hybridized carbons (Fsp3) is 0.619. The van der Waals surface area contributed by atoms with Gasteiger partial charge in [0.2, 0.25) is 11.8 Å². The van der Waals surface area contributed by atoms with Gasteiger partial charge in [-0.15, -0.1) is 0 Å². The second kappa shape index (κ2) is 9.33. The van der Waals surface area contributed by atoms with Crippen LogP contribution in [0, 0.1) is 5.92 Å². The van der Waals surface area contributed by atoms with E-state index in [1.165, 1.54) is 0 Å². The van der Waals surface area contributed by atoms with Gasteiger partial charge >= 0.3 is 0 Å². The zero-order valence-corrected chi connectivity index (χ0v) is 15.9. The number of ether oxygens (including phenoxy) is 1. The Labute approximate surface area is 160 Å². The molecule has 1 aliphatic carbocycles. The maximum absolute atomic E-state index is 12.4. The molecule has 0 spiro atoms. The van der Waals surface area contributed by atoms with Gasteiger partial charge in [0.15, 0.2) is 0 Å². The molecule has 2 amide bonds. The van der Waals surface area contributed by atoms with Gasteiger partial charge in [-0.3, -0.25) is 9.59 Å². The van der Waals surface area contributed by atoms with E-state index in [1.807, 2.05) is 37.3 Å². The second-order valence-corrected chi connectivity index (χ2v) is 7.70. The SMILES string of the molecule is C[C@H](NC(=O)C[C@H]1CC[C@H](NC(=O)C2CCC2)[C@@H](CO)O1)c1ccccc1. The van der Waals surface area contributed by atoms with Gasteiger partial charge in [0, 0.05) is 5.92 Å².